The predicted molar refractivity (Wildman–Crippen MR) is 51.7 cm³/mol. The van der Waals surface area contributed by atoms with E-state index in [4.69, 9.17) is 15.1 Å². The van der Waals surface area contributed by atoms with Crippen LogP contribution in [-0.4, -0.2) is 22.7 Å². The molecule has 0 spiro atoms. The van der Waals surface area contributed by atoms with Crippen LogP contribution in [0.5, 0.6) is 5.88 Å². The molecule has 0 saturated carbocycles. The molecule has 0 saturated heterocycles. The van der Waals surface area contributed by atoms with Crippen LogP contribution in [0.15, 0.2) is 12.3 Å². The van der Waals surface area contributed by atoms with Gasteiger partial charge in [0.15, 0.2) is 0 Å². The maximum Gasteiger partial charge on any atom is 0.337 e. The van der Waals surface area contributed by atoms with Gasteiger partial charge in [0, 0.05) is 6.20 Å². The zero-order chi connectivity index (χ0) is 11.3. The lowest BCUT2D eigenvalue weighted by molar-refractivity contribution is 0.0696. The fourth-order valence-electron chi connectivity index (χ4n) is 0.963. The van der Waals surface area contributed by atoms with E-state index in [1.165, 1.54) is 12.3 Å². The van der Waals surface area contributed by atoms with E-state index < -0.39 is 5.97 Å². The molecule has 0 unspecified atom stereocenters. The summed E-state index contributed by atoms with van der Waals surface area (Å²) >= 11 is 0. The van der Waals surface area contributed by atoms with Crippen LogP contribution in [0, 0.1) is 11.3 Å². The van der Waals surface area contributed by atoms with Crippen LogP contribution in [0.25, 0.3) is 0 Å². The van der Waals surface area contributed by atoms with Gasteiger partial charge in [0.25, 0.3) is 0 Å². The summed E-state index contributed by atoms with van der Waals surface area (Å²) in [5.74, 6) is -0.926. The second kappa shape index (κ2) is 4.96. The molecule has 0 amide bonds. The van der Waals surface area contributed by atoms with Crippen molar-refractivity contribution in [2.75, 3.05) is 6.61 Å². The van der Waals surface area contributed by atoms with Gasteiger partial charge in [-0.15, -0.1) is 0 Å². The third kappa shape index (κ3) is 2.68. The van der Waals surface area contributed by atoms with Crippen LogP contribution in [0.4, 0.5) is 0 Å². The SMILES string of the molecule is CCCOc1ncc(C(=O)O)cc1C#N. The van der Waals surface area contributed by atoms with E-state index in [9.17, 15) is 4.79 Å². The highest BCUT2D eigenvalue weighted by atomic mass is 16.5. The highest BCUT2D eigenvalue weighted by molar-refractivity contribution is 5.87. The Labute approximate surface area is 86.9 Å². The maximum atomic E-state index is 10.6. The summed E-state index contributed by atoms with van der Waals surface area (Å²) in [6.07, 6.45) is 1.97. The van der Waals surface area contributed by atoms with E-state index >= 15 is 0 Å². The minimum Gasteiger partial charge on any atom is -0.478 e. The van der Waals surface area contributed by atoms with E-state index in [2.05, 4.69) is 4.98 Å². The first-order valence-electron chi connectivity index (χ1n) is 4.45. The number of aromatic carboxylic acids is 1. The van der Waals surface area contributed by atoms with Gasteiger partial charge < -0.3 is 9.84 Å². The Balaban J connectivity index is 3.00. The molecule has 1 aromatic heterocycles. The molecular weight excluding hydrogens is 196 g/mol. The summed E-state index contributed by atoms with van der Waals surface area (Å²) in [6, 6.07) is 3.10. The molecule has 1 aromatic rings. The van der Waals surface area contributed by atoms with Crippen molar-refractivity contribution in [2.45, 2.75) is 13.3 Å². The number of pyridine rings is 1. The molecule has 0 aliphatic heterocycles. The Morgan fingerprint density at radius 3 is 3.00 bits per heavy atom. The summed E-state index contributed by atoms with van der Waals surface area (Å²) in [4.78, 5) is 14.4. The number of hydrogen-bond acceptors (Lipinski definition) is 4. The molecule has 5 heteroatoms. The normalized spacial score (nSPS) is 9.33. The molecule has 0 aliphatic rings. The standard InChI is InChI=1S/C10H10N2O3/c1-2-3-15-9-7(5-11)4-8(6-12-9)10(13)14/h4,6H,2-3H2,1H3,(H,13,14). The van der Waals surface area contributed by atoms with Crippen molar-refractivity contribution in [2.24, 2.45) is 0 Å². The van der Waals surface area contributed by atoms with E-state index in [-0.39, 0.29) is 17.0 Å². The number of nitriles is 1. The van der Waals surface area contributed by atoms with Crippen molar-refractivity contribution in [3.63, 3.8) is 0 Å². The quantitative estimate of drug-likeness (QED) is 0.805. The van der Waals surface area contributed by atoms with Crippen LogP contribution < -0.4 is 4.74 Å². The smallest absolute Gasteiger partial charge is 0.337 e. The van der Waals surface area contributed by atoms with Gasteiger partial charge in [0.2, 0.25) is 5.88 Å². The third-order valence-corrected chi connectivity index (χ3v) is 1.66. The van der Waals surface area contributed by atoms with Gasteiger partial charge >= 0.3 is 5.97 Å². The molecule has 0 bridgehead atoms. The van der Waals surface area contributed by atoms with Crippen molar-refractivity contribution < 1.29 is 14.6 Å². The first kappa shape index (κ1) is 11.0. The Hall–Kier alpha value is -2.09. The average molecular weight is 206 g/mol. The molecule has 1 N–H and O–H groups in total. The zero-order valence-electron chi connectivity index (χ0n) is 8.23. The maximum absolute atomic E-state index is 10.6. The number of carboxylic acids is 1. The van der Waals surface area contributed by atoms with Gasteiger partial charge in [-0.1, -0.05) is 6.92 Å². The number of aromatic nitrogens is 1. The van der Waals surface area contributed by atoms with Gasteiger partial charge in [-0.2, -0.15) is 5.26 Å². The lowest BCUT2D eigenvalue weighted by Gasteiger charge is -2.05. The van der Waals surface area contributed by atoms with Crippen molar-refractivity contribution in [3.8, 4) is 11.9 Å². The number of hydrogen-bond donors (Lipinski definition) is 1. The molecule has 78 valence electrons. The third-order valence-electron chi connectivity index (χ3n) is 1.66. The fourth-order valence-corrected chi connectivity index (χ4v) is 0.963. The van der Waals surface area contributed by atoms with Crippen molar-refractivity contribution >= 4 is 5.97 Å². The highest BCUT2D eigenvalue weighted by Gasteiger charge is 2.10. The topological polar surface area (TPSA) is 83.2 Å². The lowest BCUT2D eigenvalue weighted by Crippen LogP contribution is -2.03. The Morgan fingerprint density at radius 2 is 2.47 bits per heavy atom. The van der Waals surface area contributed by atoms with Crippen molar-refractivity contribution in [1.29, 1.82) is 5.26 Å². The predicted octanol–water partition coefficient (Wildman–Crippen LogP) is 1.44. The van der Waals surface area contributed by atoms with Crippen LogP contribution >= 0.6 is 0 Å². The van der Waals surface area contributed by atoms with Gasteiger partial charge in [-0.3, -0.25) is 0 Å². The minimum atomic E-state index is -1.11. The van der Waals surface area contributed by atoms with Gasteiger partial charge in [0.1, 0.15) is 11.6 Å². The Bertz CT molecular complexity index is 410. The monoisotopic (exact) mass is 206 g/mol. The first-order valence-corrected chi connectivity index (χ1v) is 4.45. The average Bonchev–Trinajstić information content (AvgIpc) is 2.25. The number of carboxylic acid groups (broad SMARTS) is 1. The van der Waals surface area contributed by atoms with Crippen molar-refractivity contribution in [3.05, 3.63) is 23.4 Å². The summed E-state index contributed by atoms with van der Waals surface area (Å²) in [5, 5.41) is 17.4. The van der Waals surface area contributed by atoms with Crippen LogP contribution in [-0.2, 0) is 0 Å². The highest BCUT2D eigenvalue weighted by Crippen LogP contribution is 2.15. The largest absolute Gasteiger partial charge is 0.478 e. The molecule has 1 heterocycles. The zero-order valence-corrected chi connectivity index (χ0v) is 8.23. The summed E-state index contributed by atoms with van der Waals surface area (Å²) < 4.78 is 5.19. The van der Waals surface area contributed by atoms with Gasteiger partial charge in [-0.05, 0) is 12.5 Å². The second-order valence-electron chi connectivity index (χ2n) is 2.84. The van der Waals surface area contributed by atoms with E-state index in [1.807, 2.05) is 13.0 Å². The fraction of sp³-hybridized carbons (Fsp3) is 0.300. The molecule has 5 nitrogen and oxygen atoms in total. The van der Waals surface area contributed by atoms with E-state index in [0.717, 1.165) is 6.42 Å². The van der Waals surface area contributed by atoms with Gasteiger partial charge in [0.05, 0.1) is 12.2 Å². The molecule has 0 atom stereocenters. The van der Waals surface area contributed by atoms with Gasteiger partial charge in [-0.25, -0.2) is 9.78 Å². The number of rotatable bonds is 4. The summed E-state index contributed by atoms with van der Waals surface area (Å²) in [7, 11) is 0. The summed E-state index contributed by atoms with van der Waals surface area (Å²) in [6.45, 7) is 2.38. The van der Waals surface area contributed by atoms with E-state index in [0.29, 0.717) is 6.61 Å². The molecule has 1 rings (SSSR count). The molecule has 0 aromatic carbocycles. The van der Waals surface area contributed by atoms with Crippen LogP contribution in [0.3, 0.4) is 0 Å². The van der Waals surface area contributed by atoms with Crippen LogP contribution in [0.2, 0.25) is 0 Å². The summed E-state index contributed by atoms with van der Waals surface area (Å²) in [5.41, 5.74) is 0.124. The Kier molecular flexibility index (Phi) is 3.63. The number of carbonyl (C=O) groups is 1. The number of nitrogens with zero attached hydrogens (tertiary/aromatic N) is 2. The molecule has 0 radical (unpaired) electrons. The minimum absolute atomic E-state index is 0.0181. The lowest BCUT2D eigenvalue weighted by atomic mass is 10.2. The van der Waals surface area contributed by atoms with Crippen molar-refractivity contribution in [1.82, 2.24) is 4.98 Å². The Morgan fingerprint density at radius 1 is 1.73 bits per heavy atom. The molecule has 0 aliphatic carbocycles. The molecule has 15 heavy (non-hydrogen) atoms. The molecule has 0 fully saturated rings. The second-order valence-corrected chi connectivity index (χ2v) is 2.84. The van der Waals surface area contributed by atoms with E-state index in [1.54, 1.807) is 0 Å². The molecular formula is C10H10N2O3. The first-order chi connectivity index (χ1) is 7.19. The van der Waals surface area contributed by atoms with Crippen LogP contribution in [0.1, 0.15) is 29.3 Å². The number of ether oxygens (including phenoxy) is 1.